The van der Waals surface area contributed by atoms with Crippen molar-refractivity contribution in [2.45, 2.75) is 67.0 Å². The van der Waals surface area contributed by atoms with E-state index in [4.69, 9.17) is 4.99 Å². The van der Waals surface area contributed by atoms with Gasteiger partial charge in [-0.25, -0.2) is 4.99 Å². The van der Waals surface area contributed by atoms with Gasteiger partial charge in [0.15, 0.2) is 5.96 Å². The highest BCUT2D eigenvalue weighted by molar-refractivity contribution is 5.92. The van der Waals surface area contributed by atoms with Crippen molar-refractivity contribution >= 4 is 17.6 Å². The molecule has 2 unspecified atom stereocenters. The van der Waals surface area contributed by atoms with Gasteiger partial charge in [-0.15, -0.1) is 0 Å². The number of benzene rings is 1. The molecule has 0 aliphatic rings. The zero-order chi connectivity index (χ0) is 23.0. The van der Waals surface area contributed by atoms with Crippen LogP contribution in [0.25, 0.3) is 0 Å². The van der Waals surface area contributed by atoms with E-state index in [1.807, 2.05) is 49.8 Å². The summed E-state index contributed by atoms with van der Waals surface area (Å²) in [6.45, 7) is 13.6. The van der Waals surface area contributed by atoms with Gasteiger partial charge in [-0.2, -0.15) is 5.10 Å². The molecule has 170 valence electrons. The summed E-state index contributed by atoms with van der Waals surface area (Å²) >= 11 is 0. The van der Waals surface area contributed by atoms with Crippen LogP contribution in [0.2, 0.25) is 0 Å². The Kier molecular flexibility index (Phi) is 9.09. The number of amides is 1. The molecular formula is C24H38N6O. The minimum atomic E-state index is -0.000176. The number of aryl methyl sites for hydroxylation is 2. The SMILES string of the molecule is CCNC(=NCc1cccc(NC(=O)C(C)CC)c1)NC(C)Cc1c(C)nn(C)c1C. The lowest BCUT2D eigenvalue weighted by Gasteiger charge is -2.18. The Morgan fingerprint density at radius 1 is 1.23 bits per heavy atom. The van der Waals surface area contributed by atoms with Gasteiger partial charge in [0.2, 0.25) is 5.91 Å². The topological polar surface area (TPSA) is 83.3 Å². The fourth-order valence-electron chi connectivity index (χ4n) is 3.39. The number of guanidine groups is 1. The Morgan fingerprint density at radius 2 is 1.97 bits per heavy atom. The van der Waals surface area contributed by atoms with E-state index in [0.717, 1.165) is 42.3 Å². The summed E-state index contributed by atoms with van der Waals surface area (Å²) in [7, 11) is 1.98. The minimum Gasteiger partial charge on any atom is -0.357 e. The van der Waals surface area contributed by atoms with E-state index < -0.39 is 0 Å². The van der Waals surface area contributed by atoms with Gasteiger partial charge in [-0.3, -0.25) is 9.48 Å². The van der Waals surface area contributed by atoms with Gasteiger partial charge in [-0.1, -0.05) is 26.0 Å². The van der Waals surface area contributed by atoms with E-state index in [2.05, 4.69) is 48.7 Å². The number of hydrogen-bond donors (Lipinski definition) is 3. The zero-order valence-corrected chi connectivity index (χ0v) is 20.0. The maximum atomic E-state index is 12.2. The molecule has 0 spiro atoms. The molecule has 0 aliphatic carbocycles. The van der Waals surface area contributed by atoms with Crippen LogP contribution < -0.4 is 16.0 Å². The average molecular weight is 427 g/mol. The molecule has 1 heterocycles. The Labute approximate surface area is 186 Å². The minimum absolute atomic E-state index is 0.000176. The second-order valence-corrected chi connectivity index (χ2v) is 8.22. The van der Waals surface area contributed by atoms with Gasteiger partial charge in [-0.05, 0) is 63.8 Å². The first-order valence-electron chi connectivity index (χ1n) is 11.2. The number of anilines is 1. The van der Waals surface area contributed by atoms with Crippen molar-refractivity contribution in [3.63, 3.8) is 0 Å². The van der Waals surface area contributed by atoms with Crippen LogP contribution >= 0.6 is 0 Å². The zero-order valence-electron chi connectivity index (χ0n) is 20.0. The Morgan fingerprint density at radius 3 is 2.58 bits per heavy atom. The van der Waals surface area contributed by atoms with Crippen LogP contribution in [-0.2, 0) is 24.8 Å². The molecule has 0 saturated carbocycles. The summed E-state index contributed by atoms with van der Waals surface area (Å²) in [4.78, 5) is 16.9. The lowest BCUT2D eigenvalue weighted by molar-refractivity contribution is -0.119. The third kappa shape index (κ3) is 7.12. The number of nitrogens with zero attached hydrogens (tertiary/aromatic N) is 3. The van der Waals surface area contributed by atoms with E-state index in [1.165, 1.54) is 11.3 Å². The van der Waals surface area contributed by atoms with Gasteiger partial charge in [0.25, 0.3) is 0 Å². The Bertz CT molecular complexity index is 901. The van der Waals surface area contributed by atoms with Gasteiger partial charge in [0.1, 0.15) is 0 Å². The molecule has 0 radical (unpaired) electrons. The van der Waals surface area contributed by atoms with E-state index in [9.17, 15) is 4.79 Å². The molecule has 1 aromatic heterocycles. The molecule has 2 aromatic rings. The van der Waals surface area contributed by atoms with Crippen LogP contribution in [0, 0.1) is 19.8 Å². The molecule has 0 aliphatic heterocycles. The number of aromatic nitrogens is 2. The maximum Gasteiger partial charge on any atom is 0.227 e. The predicted octanol–water partition coefficient (Wildman–Crippen LogP) is 3.71. The second kappa shape index (κ2) is 11.5. The fourth-order valence-corrected chi connectivity index (χ4v) is 3.39. The lowest BCUT2D eigenvalue weighted by atomic mass is 10.1. The molecule has 7 nitrogen and oxygen atoms in total. The average Bonchev–Trinajstić information content (AvgIpc) is 2.97. The Balaban J connectivity index is 2.03. The van der Waals surface area contributed by atoms with Crippen molar-refractivity contribution in [2.24, 2.45) is 18.0 Å². The summed E-state index contributed by atoms with van der Waals surface area (Å²) in [6.07, 6.45) is 1.71. The van der Waals surface area contributed by atoms with Crippen LogP contribution in [0.5, 0.6) is 0 Å². The number of carbonyl (C=O) groups excluding carboxylic acids is 1. The van der Waals surface area contributed by atoms with Crippen molar-refractivity contribution < 1.29 is 4.79 Å². The van der Waals surface area contributed by atoms with E-state index in [0.29, 0.717) is 6.54 Å². The molecule has 2 rings (SSSR count). The molecule has 1 amide bonds. The molecule has 31 heavy (non-hydrogen) atoms. The van der Waals surface area contributed by atoms with Gasteiger partial charge < -0.3 is 16.0 Å². The van der Waals surface area contributed by atoms with Gasteiger partial charge in [0.05, 0.1) is 12.2 Å². The maximum absolute atomic E-state index is 12.2. The van der Waals surface area contributed by atoms with E-state index in [-0.39, 0.29) is 17.9 Å². The molecular weight excluding hydrogens is 388 g/mol. The number of hydrogen-bond acceptors (Lipinski definition) is 3. The summed E-state index contributed by atoms with van der Waals surface area (Å²) < 4.78 is 1.93. The molecule has 0 fully saturated rings. The first kappa shape index (κ1) is 24.4. The van der Waals surface area contributed by atoms with E-state index in [1.54, 1.807) is 0 Å². The first-order chi connectivity index (χ1) is 14.7. The van der Waals surface area contributed by atoms with Crippen molar-refractivity contribution in [1.82, 2.24) is 20.4 Å². The van der Waals surface area contributed by atoms with Gasteiger partial charge in [0, 0.05) is 36.9 Å². The number of carbonyl (C=O) groups is 1. The number of nitrogens with one attached hydrogen (secondary N) is 3. The van der Waals surface area contributed by atoms with Crippen LogP contribution in [0.4, 0.5) is 5.69 Å². The van der Waals surface area contributed by atoms with E-state index >= 15 is 0 Å². The standard InChI is InChI=1S/C24H38N6O/c1-8-16(3)23(31)28-21-12-10-11-20(14-21)15-26-24(25-9-2)27-17(4)13-22-18(5)29-30(7)19(22)6/h10-12,14,16-17H,8-9,13,15H2,1-7H3,(H,28,31)(H2,25,26,27). The highest BCUT2D eigenvalue weighted by Gasteiger charge is 2.14. The molecule has 0 bridgehead atoms. The third-order valence-corrected chi connectivity index (χ3v) is 5.57. The molecule has 1 aromatic carbocycles. The third-order valence-electron chi connectivity index (χ3n) is 5.57. The normalized spacial score (nSPS) is 13.6. The smallest absolute Gasteiger partial charge is 0.227 e. The van der Waals surface area contributed by atoms with Gasteiger partial charge >= 0.3 is 0 Å². The highest BCUT2D eigenvalue weighted by atomic mass is 16.1. The molecule has 2 atom stereocenters. The highest BCUT2D eigenvalue weighted by Crippen LogP contribution is 2.15. The molecule has 3 N–H and O–H groups in total. The largest absolute Gasteiger partial charge is 0.357 e. The second-order valence-electron chi connectivity index (χ2n) is 8.22. The first-order valence-corrected chi connectivity index (χ1v) is 11.2. The van der Waals surface area contributed by atoms with Crippen molar-refractivity contribution in [3.8, 4) is 0 Å². The van der Waals surface area contributed by atoms with Crippen molar-refractivity contribution in [3.05, 3.63) is 46.8 Å². The summed E-state index contributed by atoms with van der Waals surface area (Å²) in [5.74, 6) is 0.830. The summed E-state index contributed by atoms with van der Waals surface area (Å²) in [6, 6.07) is 8.09. The van der Waals surface area contributed by atoms with Crippen LogP contribution in [0.1, 0.15) is 56.6 Å². The summed E-state index contributed by atoms with van der Waals surface area (Å²) in [5.41, 5.74) is 5.41. The van der Waals surface area contributed by atoms with Crippen LogP contribution in [-0.4, -0.2) is 34.2 Å². The molecule has 0 saturated heterocycles. The quantitative estimate of drug-likeness (QED) is 0.422. The van der Waals surface area contributed by atoms with Crippen LogP contribution in [0.15, 0.2) is 29.3 Å². The summed E-state index contributed by atoms with van der Waals surface area (Å²) in [5, 5.41) is 14.3. The van der Waals surface area contributed by atoms with Crippen molar-refractivity contribution in [2.75, 3.05) is 11.9 Å². The molecule has 7 heteroatoms. The van der Waals surface area contributed by atoms with Crippen LogP contribution in [0.3, 0.4) is 0 Å². The fraction of sp³-hybridized carbons (Fsp3) is 0.542. The number of aliphatic imine (C=N–C) groups is 1. The Hall–Kier alpha value is -2.83. The monoisotopic (exact) mass is 426 g/mol. The van der Waals surface area contributed by atoms with Crippen molar-refractivity contribution in [1.29, 1.82) is 0 Å². The number of rotatable bonds is 9. The lowest BCUT2D eigenvalue weighted by Crippen LogP contribution is -2.43. The predicted molar refractivity (Wildman–Crippen MR) is 128 cm³/mol.